The number of carboxylic acid groups (broad SMARTS) is 1. The van der Waals surface area contributed by atoms with Crippen LogP contribution in [0, 0.1) is 11.8 Å². The smallest absolute Gasteiger partial charge is 0.338 e. The van der Waals surface area contributed by atoms with Gasteiger partial charge in [0, 0.05) is 29.4 Å². The summed E-state index contributed by atoms with van der Waals surface area (Å²) in [5.74, 6) is -4.70. The highest BCUT2D eigenvalue weighted by molar-refractivity contribution is 5.98. The summed E-state index contributed by atoms with van der Waals surface area (Å²) in [5.41, 5.74) is 4.71. The van der Waals surface area contributed by atoms with Crippen LogP contribution in [-0.4, -0.2) is 24.5 Å². The molecule has 0 fully saturated rings. The van der Waals surface area contributed by atoms with Crippen LogP contribution in [0.2, 0.25) is 0 Å². The Balaban J connectivity index is 1.52. The number of carbonyl (C=O) groups excluding carboxylic acids is 3. The number of nitrogens with one attached hydrogen (secondary N) is 1. The van der Waals surface area contributed by atoms with Crippen molar-refractivity contribution in [3.8, 4) is 0 Å². The quantitative estimate of drug-likeness (QED) is 0.615. The minimum Gasteiger partial charge on any atom is -0.550 e. The van der Waals surface area contributed by atoms with Crippen molar-refractivity contribution in [1.82, 2.24) is 0 Å². The molecule has 6 nitrogen and oxygen atoms in total. The second kappa shape index (κ2) is 8.20. The molecular weight excluding hydrogens is 418 g/mol. The van der Waals surface area contributed by atoms with Crippen LogP contribution in [0.15, 0.2) is 72.8 Å². The third-order valence-corrected chi connectivity index (χ3v) is 6.68. The van der Waals surface area contributed by atoms with E-state index >= 15 is 0 Å². The largest absolute Gasteiger partial charge is 0.550 e. The molecule has 0 unspecified atom stereocenters. The number of anilines is 1. The van der Waals surface area contributed by atoms with Gasteiger partial charge < -0.3 is 20.0 Å². The van der Waals surface area contributed by atoms with Gasteiger partial charge in [0.15, 0.2) is 0 Å². The van der Waals surface area contributed by atoms with Crippen molar-refractivity contribution >= 4 is 23.5 Å². The highest BCUT2D eigenvalue weighted by Gasteiger charge is 2.52. The standard InChI is InChI=1S/C27H23NO5/c1-2-33-27(32)15-11-13-16(14-12-15)28-25(29)23-21-17-7-3-5-9-19(17)22(24(23)26(30)31)20-10-6-4-8-18(20)21/h3-14,21-24H,2H2,1H3,(H,28,29)(H,30,31)/p-1/t21?,22?,23-,24+/m1/s1. The van der Waals surface area contributed by atoms with Crippen molar-refractivity contribution in [1.29, 1.82) is 0 Å². The molecule has 166 valence electrons. The first-order chi connectivity index (χ1) is 16.0. The van der Waals surface area contributed by atoms with Crippen molar-refractivity contribution in [2.45, 2.75) is 18.8 Å². The third kappa shape index (κ3) is 3.39. The van der Waals surface area contributed by atoms with Crippen molar-refractivity contribution < 1.29 is 24.2 Å². The molecule has 3 aromatic rings. The van der Waals surface area contributed by atoms with Crippen molar-refractivity contribution in [3.63, 3.8) is 0 Å². The van der Waals surface area contributed by atoms with Gasteiger partial charge in [0.25, 0.3) is 0 Å². The van der Waals surface area contributed by atoms with Crippen LogP contribution in [0.4, 0.5) is 5.69 Å². The Hall–Kier alpha value is -3.93. The molecule has 2 bridgehead atoms. The lowest BCUT2D eigenvalue weighted by Gasteiger charge is -2.50. The number of benzene rings is 3. The van der Waals surface area contributed by atoms with E-state index in [0.29, 0.717) is 11.3 Å². The zero-order valence-corrected chi connectivity index (χ0v) is 18.0. The predicted molar refractivity (Wildman–Crippen MR) is 120 cm³/mol. The molecular formula is C27H22NO5-. The highest BCUT2D eigenvalue weighted by Crippen LogP contribution is 2.58. The van der Waals surface area contributed by atoms with E-state index in [1.807, 2.05) is 48.5 Å². The number of fused-ring (bicyclic) bond motifs is 1. The molecule has 0 radical (unpaired) electrons. The van der Waals surface area contributed by atoms with Gasteiger partial charge in [-0.05, 0) is 53.4 Å². The van der Waals surface area contributed by atoms with Gasteiger partial charge in [-0.3, -0.25) is 4.79 Å². The number of rotatable bonds is 5. The minimum absolute atomic E-state index is 0.273. The van der Waals surface area contributed by atoms with Crippen molar-refractivity contribution in [2.24, 2.45) is 11.8 Å². The maximum absolute atomic E-state index is 13.5. The zero-order valence-electron chi connectivity index (χ0n) is 18.0. The molecule has 0 aliphatic heterocycles. The summed E-state index contributed by atoms with van der Waals surface area (Å²) in [6, 6.07) is 21.8. The monoisotopic (exact) mass is 440 g/mol. The van der Waals surface area contributed by atoms with E-state index in [9.17, 15) is 19.5 Å². The Bertz CT molecular complexity index is 1200. The minimum atomic E-state index is -1.23. The van der Waals surface area contributed by atoms with E-state index in [0.717, 1.165) is 22.3 Å². The fraction of sp³-hybridized carbons (Fsp3) is 0.222. The van der Waals surface area contributed by atoms with Crippen LogP contribution < -0.4 is 10.4 Å². The number of hydrogen-bond donors (Lipinski definition) is 1. The Morgan fingerprint density at radius 3 is 1.73 bits per heavy atom. The highest BCUT2D eigenvalue weighted by atomic mass is 16.5. The first kappa shape index (κ1) is 20.9. The molecule has 0 aromatic heterocycles. The number of esters is 1. The number of hydrogen-bond acceptors (Lipinski definition) is 5. The van der Waals surface area contributed by atoms with E-state index in [2.05, 4.69) is 5.32 Å². The summed E-state index contributed by atoms with van der Waals surface area (Å²) >= 11 is 0. The average Bonchev–Trinajstić information content (AvgIpc) is 2.84. The average molecular weight is 440 g/mol. The van der Waals surface area contributed by atoms with Crippen LogP contribution in [0.5, 0.6) is 0 Å². The van der Waals surface area contributed by atoms with Crippen LogP contribution in [0.3, 0.4) is 0 Å². The molecule has 0 saturated carbocycles. The second-order valence-electron chi connectivity index (χ2n) is 8.37. The lowest BCUT2D eigenvalue weighted by molar-refractivity contribution is -0.314. The second-order valence-corrected chi connectivity index (χ2v) is 8.37. The Kier molecular flexibility index (Phi) is 5.21. The molecule has 3 aliphatic carbocycles. The van der Waals surface area contributed by atoms with E-state index < -0.39 is 29.7 Å². The summed E-state index contributed by atoms with van der Waals surface area (Å²) in [5, 5.41) is 15.2. The normalized spacial score (nSPS) is 22.1. The van der Waals surface area contributed by atoms with E-state index in [4.69, 9.17) is 4.74 Å². The van der Waals surface area contributed by atoms with Gasteiger partial charge in [0.2, 0.25) is 5.91 Å². The molecule has 0 spiro atoms. The van der Waals surface area contributed by atoms with Gasteiger partial charge in [-0.25, -0.2) is 4.79 Å². The summed E-state index contributed by atoms with van der Waals surface area (Å²) < 4.78 is 4.99. The summed E-state index contributed by atoms with van der Waals surface area (Å²) in [6.45, 7) is 2.00. The molecule has 6 heteroatoms. The van der Waals surface area contributed by atoms with Crippen LogP contribution in [-0.2, 0) is 14.3 Å². The molecule has 2 atom stereocenters. The summed E-state index contributed by atoms with van der Waals surface area (Å²) in [7, 11) is 0. The first-order valence-corrected chi connectivity index (χ1v) is 11.0. The molecule has 3 aliphatic rings. The van der Waals surface area contributed by atoms with Gasteiger partial charge >= 0.3 is 5.97 Å². The molecule has 3 aromatic carbocycles. The topological polar surface area (TPSA) is 95.5 Å². The van der Waals surface area contributed by atoms with Crippen LogP contribution in [0.1, 0.15) is 51.4 Å². The number of carboxylic acids is 1. The number of aliphatic carboxylic acids is 1. The number of ether oxygens (including phenoxy) is 1. The number of amides is 1. The van der Waals surface area contributed by atoms with E-state index in [1.54, 1.807) is 31.2 Å². The SMILES string of the molecule is CCOC(=O)c1ccc(NC(=O)[C@@H]2C3c4ccccc4C(c4ccccc43)[C@@H]2C(=O)[O-])cc1. The lowest BCUT2D eigenvalue weighted by Crippen LogP contribution is -2.52. The maximum Gasteiger partial charge on any atom is 0.338 e. The summed E-state index contributed by atoms with van der Waals surface area (Å²) in [4.78, 5) is 37.8. The molecule has 1 amide bonds. The van der Waals surface area contributed by atoms with E-state index in [1.165, 1.54) is 0 Å². The molecule has 0 saturated heterocycles. The summed E-state index contributed by atoms with van der Waals surface area (Å²) in [6.07, 6.45) is 0. The lowest BCUT2D eigenvalue weighted by atomic mass is 9.54. The van der Waals surface area contributed by atoms with Gasteiger partial charge in [-0.1, -0.05) is 48.5 Å². The molecule has 0 heterocycles. The molecule has 1 N–H and O–H groups in total. The number of carbonyl (C=O) groups is 3. The van der Waals surface area contributed by atoms with Gasteiger partial charge in [-0.2, -0.15) is 0 Å². The molecule has 6 rings (SSSR count). The zero-order chi connectivity index (χ0) is 23.1. The van der Waals surface area contributed by atoms with Crippen LogP contribution >= 0.6 is 0 Å². The third-order valence-electron chi connectivity index (χ3n) is 6.68. The van der Waals surface area contributed by atoms with Gasteiger partial charge in [0.1, 0.15) is 0 Å². The first-order valence-electron chi connectivity index (χ1n) is 11.0. The van der Waals surface area contributed by atoms with Crippen molar-refractivity contribution in [3.05, 3.63) is 101 Å². The Morgan fingerprint density at radius 1 is 0.788 bits per heavy atom. The Morgan fingerprint density at radius 2 is 1.27 bits per heavy atom. The van der Waals surface area contributed by atoms with Gasteiger partial charge in [0.05, 0.1) is 18.1 Å². The fourth-order valence-electron chi connectivity index (χ4n) is 5.41. The fourth-order valence-corrected chi connectivity index (χ4v) is 5.41. The van der Waals surface area contributed by atoms with E-state index in [-0.39, 0.29) is 18.4 Å². The Labute approximate surface area is 191 Å². The molecule has 33 heavy (non-hydrogen) atoms. The maximum atomic E-state index is 13.5. The van der Waals surface area contributed by atoms with Crippen LogP contribution in [0.25, 0.3) is 0 Å². The van der Waals surface area contributed by atoms with Gasteiger partial charge in [-0.15, -0.1) is 0 Å². The predicted octanol–water partition coefficient (Wildman–Crippen LogP) is 3.08. The van der Waals surface area contributed by atoms with Crippen molar-refractivity contribution in [2.75, 3.05) is 11.9 Å².